The lowest BCUT2D eigenvalue weighted by molar-refractivity contribution is 0.584. The molecule has 24 heteroatoms. The third-order valence-corrected chi connectivity index (χ3v) is 16.6. The van der Waals surface area contributed by atoms with E-state index in [1.807, 2.05) is 0 Å². The van der Waals surface area contributed by atoms with Gasteiger partial charge in [-0.25, -0.2) is 30.0 Å². The highest BCUT2D eigenvalue weighted by atomic mass is 35.5. The highest BCUT2D eigenvalue weighted by Crippen LogP contribution is 2.54. The number of fused-ring (bicyclic) bond motifs is 14. The standard InChI is InChI=1S/C33H2Cl16N8/c34-10-2-3(11(35)19(43)18(10)42)27-50-26(2)52-30-6-7(15(39)23(47)22(46)14(6)38)32-54-28-4-5(13(37)21(45)20(44)12(4)36)29(51-28)55-33-9-8(16(40)24(48)25(49)17(9)41)31(53-27)57(33)1-56(30)32/h1H2/b52-26-,52-30?,53-27?,53-31-,54-28-,54-32?,55-29?,55-33-. The zero-order valence-corrected chi connectivity index (χ0v) is 38.4. The molecule has 0 atom stereocenters. The predicted molar refractivity (Wildman–Crippen MR) is 240 cm³/mol. The Bertz CT molecular complexity index is 3130. The number of aromatic nitrogens is 2. The van der Waals surface area contributed by atoms with Gasteiger partial charge in [0.05, 0.1) is 124 Å². The summed E-state index contributed by atoms with van der Waals surface area (Å²) < 4.78 is 3.21. The second-order valence-corrected chi connectivity index (χ2v) is 18.3. The molecule has 0 N–H and O–H groups in total. The first-order valence-corrected chi connectivity index (χ1v) is 21.3. The maximum absolute atomic E-state index is 7.05. The minimum Gasteiger partial charge on any atom is -0.291 e. The molecule has 0 saturated carbocycles. The zero-order valence-electron chi connectivity index (χ0n) is 26.3. The van der Waals surface area contributed by atoms with Gasteiger partial charge in [-0.3, -0.25) is 9.13 Å². The van der Waals surface area contributed by atoms with Crippen molar-refractivity contribution in [3.05, 3.63) is 114 Å². The van der Waals surface area contributed by atoms with Crippen LogP contribution >= 0.6 is 186 Å². The van der Waals surface area contributed by atoms with Crippen LogP contribution in [-0.2, 0) is 6.67 Å². The molecule has 286 valence electrons. The Labute approximate surface area is 397 Å². The maximum atomic E-state index is 7.05. The van der Waals surface area contributed by atoms with Gasteiger partial charge >= 0.3 is 0 Å². The van der Waals surface area contributed by atoms with Crippen molar-refractivity contribution >= 4 is 242 Å². The van der Waals surface area contributed by atoms with Gasteiger partial charge in [-0.1, -0.05) is 186 Å². The van der Waals surface area contributed by atoms with Gasteiger partial charge in [-0.15, -0.1) is 0 Å². The van der Waals surface area contributed by atoms with Crippen LogP contribution in [0.15, 0.2) is 30.0 Å². The molecule has 0 unspecified atom stereocenters. The lowest BCUT2D eigenvalue weighted by Crippen LogP contribution is -2.32. The minimum absolute atomic E-state index is 0.0124. The number of aliphatic imine (C=N–C) groups is 4. The van der Waals surface area contributed by atoms with E-state index in [-0.39, 0.29) is 177 Å². The SMILES string of the molecule is Clc1c(Cl)c(Cl)c2c(c1Cl)C1=NC/2=N\c2c3c(Cl)c(Cl)c(Cl)c(Cl)c3c3n2Cn2/c(c4c(Cl)c(Cl)c(Cl)c(Cl)c4/c2=N/C2=NC(=N\3)/c3c(Cl)c(Cl)c(Cl)c(Cl)c32)=N\1. The van der Waals surface area contributed by atoms with Crippen LogP contribution in [0.3, 0.4) is 0 Å². The molecular weight excluding hydrogens is 1080 g/mol. The summed E-state index contributed by atoms with van der Waals surface area (Å²) in [5.41, 5.74) is 0.902. The van der Waals surface area contributed by atoms with E-state index in [0.717, 1.165) is 0 Å². The Hall–Kier alpha value is -1.12. The third kappa shape index (κ3) is 5.26. The number of nitrogens with zero attached hydrogens (tertiary/aromatic N) is 8. The molecule has 0 fully saturated rings. The van der Waals surface area contributed by atoms with Crippen molar-refractivity contribution < 1.29 is 0 Å². The molecule has 8 nitrogen and oxygen atoms in total. The molecule has 57 heavy (non-hydrogen) atoms. The fourth-order valence-electron chi connectivity index (χ4n) is 6.97. The Morgan fingerprint density at radius 3 is 0.842 bits per heavy atom. The van der Waals surface area contributed by atoms with Gasteiger partial charge < -0.3 is 0 Å². The van der Waals surface area contributed by atoms with Crippen molar-refractivity contribution in [2.45, 2.75) is 6.67 Å². The molecule has 0 radical (unpaired) electrons. The fraction of sp³-hybridized carbons (Fsp3) is 0.0303. The number of rotatable bonds is 0. The van der Waals surface area contributed by atoms with Gasteiger partial charge in [0, 0.05) is 0 Å². The van der Waals surface area contributed by atoms with E-state index in [1.165, 1.54) is 0 Å². The smallest absolute Gasteiger partial charge is 0.166 e. The molecule has 10 rings (SSSR count). The van der Waals surface area contributed by atoms with E-state index in [2.05, 4.69) is 0 Å². The molecule has 4 aliphatic heterocycles. The first-order valence-electron chi connectivity index (χ1n) is 15.2. The largest absolute Gasteiger partial charge is 0.291 e. The van der Waals surface area contributed by atoms with E-state index in [9.17, 15) is 0 Å². The summed E-state index contributed by atoms with van der Waals surface area (Å²) in [7, 11) is 0. The van der Waals surface area contributed by atoms with E-state index in [4.69, 9.17) is 216 Å². The van der Waals surface area contributed by atoms with Gasteiger partial charge in [-0.05, 0) is 0 Å². The number of hydrogen-bond acceptors (Lipinski definition) is 6. The Balaban J connectivity index is 1.55. The van der Waals surface area contributed by atoms with Crippen LogP contribution in [-0.4, -0.2) is 32.5 Å². The van der Waals surface area contributed by atoms with Crippen molar-refractivity contribution in [2.75, 3.05) is 0 Å². The van der Waals surface area contributed by atoms with Crippen molar-refractivity contribution in [1.82, 2.24) is 9.13 Å². The molecule has 6 bridgehead atoms. The van der Waals surface area contributed by atoms with E-state index in [0.29, 0.717) is 0 Å². The first kappa shape index (κ1) is 40.0. The number of amidine groups is 4. The van der Waals surface area contributed by atoms with E-state index >= 15 is 0 Å². The number of halogens is 16. The maximum Gasteiger partial charge on any atom is 0.166 e. The summed E-state index contributed by atoms with van der Waals surface area (Å²) in [6.45, 7) is -0.234. The fourth-order valence-corrected chi connectivity index (χ4v) is 11.1. The lowest BCUT2D eigenvalue weighted by Gasteiger charge is -2.13. The summed E-state index contributed by atoms with van der Waals surface area (Å²) in [6, 6.07) is 0. The van der Waals surface area contributed by atoms with Crippen LogP contribution in [0.5, 0.6) is 0 Å². The van der Waals surface area contributed by atoms with Crippen LogP contribution in [0.25, 0.3) is 21.5 Å². The second-order valence-electron chi connectivity index (χ2n) is 12.3. The normalized spacial score (nSPS) is 18.0. The number of benzene rings is 4. The van der Waals surface area contributed by atoms with Crippen LogP contribution in [0.4, 0.5) is 11.6 Å². The Morgan fingerprint density at radius 1 is 0.263 bits per heavy atom. The van der Waals surface area contributed by atoms with E-state index in [1.54, 1.807) is 9.13 Å². The summed E-state index contributed by atoms with van der Waals surface area (Å²) in [6.07, 6.45) is 0. The van der Waals surface area contributed by atoms with Crippen LogP contribution in [0, 0.1) is 0 Å². The quantitative estimate of drug-likeness (QED) is 0.107. The van der Waals surface area contributed by atoms with E-state index < -0.39 is 0 Å². The molecule has 0 spiro atoms. The first-order chi connectivity index (χ1) is 27.0. The topological polar surface area (TPSA) is 84.0 Å². The van der Waals surface area contributed by atoms with Crippen molar-refractivity contribution in [1.29, 1.82) is 0 Å². The third-order valence-electron chi connectivity index (χ3n) is 9.43. The Kier molecular flexibility index (Phi) is 9.60. The second kappa shape index (κ2) is 13.7. The highest BCUT2D eigenvalue weighted by Gasteiger charge is 2.38. The van der Waals surface area contributed by atoms with Gasteiger partial charge in [0.15, 0.2) is 23.3 Å². The van der Waals surface area contributed by atoms with Gasteiger partial charge in [0.2, 0.25) is 0 Å². The highest BCUT2D eigenvalue weighted by molar-refractivity contribution is 6.59. The molecule has 6 heterocycles. The molecule has 4 aromatic carbocycles. The van der Waals surface area contributed by atoms with Gasteiger partial charge in [0.1, 0.15) is 29.3 Å². The van der Waals surface area contributed by atoms with Crippen LogP contribution in [0.2, 0.25) is 80.4 Å². The predicted octanol–water partition coefficient (Wildman–Crippen LogP) is 15.5. The molecule has 0 amide bonds. The minimum atomic E-state index is -0.234. The van der Waals surface area contributed by atoms with Crippen molar-refractivity contribution in [2.24, 2.45) is 30.0 Å². The molecule has 0 aliphatic carbocycles. The molecule has 6 aromatic rings. The van der Waals surface area contributed by atoms with Gasteiger partial charge in [-0.2, -0.15) is 0 Å². The molecule has 4 aliphatic rings. The molecular formula is C33H2Cl16N8. The Morgan fingerprint density at radius 2 is 0.526 bits per heavy atom. The van der Waals surface area contributed by atoms with Crippen molar-refractivity contribution in [3.8, 4) is 0 Å². The summed E-state index contributed by atoms with van der Waals surface area (Å²) in [5, 5.41) is -0.145. The lowest BCUT2D eigenvalue weighted by atomic mass is 10.1. The van der Waals surface area contributed by atoms with Gasteiger partial charge in [0.25, 0.3) is 0 Å². The average molecular weight is 1080 g/mol. The van der Waals surface area contributed by atoms with Crippen LogP contribution in [0.1, 0.15) is 22.3 Å². The summed E-state index contributed by atoms with van der Waals surface area (Å²) in [5.74, 6) is 0.127. The summed E-state index contributed by atoms with van der Waals surface area (Å²) >= 11 is 109. The van der Waals surface area contributed by atoms with Crippen LogP contribution < -0.4 is 11.0 Å². The zero-order chi connectivity index (χ0) is 40.6. The summed E-state index contributed by atoms with van der Waals surface area (Å²) in [4.78, 5) is 29.7. The average Bonchev–Trinajstić information content (AvgIpc) is 3.90. The molecule has 2 aromatic heterocycles. The monoisotopic (exact) mass is 1070 g/mol. The molecule has 0 saturated heterocycles. The van der Waals surface area contributed by atoms with Crippen molar-refractivity contribution in [3.63, 3.8) is 0 Å². The number of hydrogen-bond donors (Lipinski definition) is 0.